The number of imide groups is 1. The van der Waals surface area contributed by atoms with Crippen LogP contribution in [0.3, 0.4) is 0 Å². The first-order valence-electron chi connectivity index (χ1n) is 9.39. The number of amides is 4. The van der Waals surface area contributed by atoms with Crippen molar-refractivity contribution in [2.75, 3.05) is 6.54 Å². The third kappa shape index (κ3) is 3.40. The minimum atomic E-state index is -1.30. The number of carbonyl (C=O) groups is 3. The number of fused-ring (bicyclic) bond motifs is 1. The molecule has 2 atom stereocenters. The Hall–Kier alpha value is -3.09. The van der Waals surface area contributed by atoms with Crippen LogP contribution in [0.5, 0.6) is 0 Å². The van der Waals surface area contributed by atoms with Gasteiger partial charge >= 0.3 is 6.03 Å². The molecule has 148 valence electrons. The van der Waals surface area contributed by atoms with Gasteiger partial charge in [0, 0.05) is 18.0 Å². The van der Waals surface area contributed by atoms with Crippen LogP contribution < -0.4 is 10.6 Å². The first-order chi connectivity index (χ1) is 13.3. The van der Waals surface area contributed by atoms with Gasteiger partial charge in [-0.2, -0.15) is 0 Å². The predicted octanol–water partition coefficient (Wildman–Crippen LogP) is 2.44. The molecule has 1 fully saturated rings. The molecule has 7 heteroatoms. The number of rotatable bonds is 6. The molecule has 2 aliphatic heterocycles. The number of urea groups is 1. The fourth-order valence-electron chi connectivity index (χ4n) is 3.67. The summed E-state index contributed by atoms with van der Waals surface area (Å²) in [7, 11) is 0. The van der Waals surface area contributed by atoms with Crippen LogP contribution in [-0.2, 0) is 17.8 Å². The number of benzene rings is 1. The van der Waals surface area contributed by atoms with Crippen molar-refractivity contribution in [1.29, 1.82) is 0 Å². The third-order valence-corrected chi connectivity index (χ3v) is 5.49. The Morgan fingerprint density at radius 1 is 1.36 bits per heavy atom. The van der Waals surface area contributed by atoms with E-state index in [4.69, 9.17) is 0 Å². The topological polar surface area (TPSA) is 98.7 Å². The number of aryl methyl sites for hydroxylation is 1. The number of hydrogen-bond donors (Lipinski definition) is 3. The van der Waals surface area contributed by atoms with Crippen molar-refractivity contribution in [2.24, 2.45) is 5.92 Å². The summed E-state index contributed by atoms with van der Waals surface area (Å²) in [6, 6.07) is 5.19. The Kier molecular flexibility index (Phi) is 5.27. The highest BCUT2D eigenvalue weighted by Crippen LogP contribution is 2.30. The molecule has 0 aliphatic carbocycles. The lowest BCUT2D eigenvalue weighted by Crippen LogP contribution is -2.59. The lowest BCUT2D eigenvalue weighted by Gasteiger charge is -2.34. The second-order valence-electron chi connectivity index (χ2n) is 7.25. The molecule has 2 aliphatic rings. The summed E-state index contributed by atoms with van der Waals surface area (Å²) >= 11 is 0. The molecule has 2 heterocycles. The molecule has 7 nitrogen and oxygen atoms in total. The summed E-state index contributed by atoms with van der Waals surface area (Å²) in [6.45, 7) is 5.95. The van der Waals surface area contributed by atoms with Crippen LogP contribution in [0.25, 0.3) is 0 Å². The maximum Gasteiger partial charge on any atom is 0.322 e. The lowest BCUT2D eigenvalue weighted by molar-refractivity contribution is -0.125. The van der Waals surface area contributed by atoms with Gasteiger partial charge in [-0.1, -0.05) is 32.1 Å². The first-order valence-corrected chi connectivity index (χ1v) is 9.39. The lowest BCUT2D eigenvalue weighted by atomic mass is 9.84. The minimum Gasteiger partial charge on any atom is -0.508 e. The fraction of sp³-hybridized carbons (Fsp3) is 0.381. The van der Waals surface area contributed by atoms with Gasteiger partial charge in [0.15, 0.2) is 0 Å². The number of aliphatic hydroxyl groups is 1. The van der Waals surface area contributed by atoms with E-state index in [2.05, 4.69) is 17.6 Å². The molecule has 0 spiro atoms. The molecule has 2 unspecified atom stereocenters. The van der Waals surface area contributed by atoms with E-state index in [-0.39, 0.29) is 18.2 Å². The molecular formula is C21H25N3O4. The second kappa shape index (κ2) is 7.50. The van der Waals surface area contributed by atoms with Crippen molar-refractivity contribution >= 4 is 17.8 Å². The third-order valence-electron chi connectivity index (χ3n) is 5.49. The Morgan fingerprint density at radius 2 is 2.11 bits per heavy atom. The fourth-order valence-corrected chi connectivity index (χ4v) is 3.67. The van der Waals surface area contributed by atoms with Gasteiger partial charge in [0.25, 0.3) is 11.8 Å². The van der Waals surface area contributed by atoms with Crippen molar-refractivity contribution in [2.45, 2.75) is 39.3 Å². The molecule has 1 saturated heterocycles. The normalized spacial score (nSPS) is 23.2. The van der Waals surface area contributed by atoms with Crippen molar-refractivity contribution in [3.63, 3.8) is 0 Å². The molecule has 1 aromatic rings. The van der Waals surface area contributed by atoms with Crippen LogP contribution in [0.15, 0.2) is 42.2 Å². The summed E-state index contributed by atoms with van der Waals surface area (Å²) in [6.07, 6.45) is 5.54. The average Bonchev–Trinajstić information content (AvgIpc) is 3.15. The van der Waals surface area contributed by atoms with Crippen molar-refractivity contribution in [3.8, 4) is 0 Å². The van der Waals surface area contributed by atoms with Crippen LogP contribution in [0.2, 0.25) is 0 Å². The molecule has 28 heavy (non-hydrogen) atoms. The van der Waals surface area contributed by atoms with E-state index >= 15 is 0 Å². The van der Waals surface area contributed by atoms with E-state index in [1.807, 2.05) is 18.2 Å². The Labute approximate surface area is 164 Å². The van der Waals surface area contributed by atoms with E-state index < -0.39 is 23.4 Å². The van der Waals surface area contributed by atoms with Gasteiger partial charge in [-0.25, -0.2) is 4.79 Å². The largest absolute Gasteiger partial charge is 0.508 e. The summed E-state index contributed by atoms with van der Waals surface area (Å²) in [5.74, 6) is -1.03. The van der Waals surface area contributed by atoms with Crippen LogP contribution in [0, 0.1) is 5.92 Å². The molecule has 4 amide bonds. The first kappa shape index (κ1) is 19.7. The van der Waals surface area contributed by atoms with Gasteiger partial charge in [0.1, 0.15) is 11.3 Å². The number of hydrogen-bond acceptors (Lipinski definition) is 4. The zero-order chi connectivity index (χ0) is 20.5. The van der Waals surface area contributed by atoms with E-state index in [9.17, 15) is 19.5 Å². The standard InChI is InChI=1S/C21H25N3O4/c1-4-14-7-9-17-15(10-14)11-24(18(17)26)12-21(19(27)22-20(28)23-21)13(3)6-8-16(25)5-2/h5-10,13,25H,4,11-12H2,1-3H3,(H2,22,23,27,28)/b8-6-,16-5+. The van der Waals surface area contributed by atoms with Crippen molar-refractivity contribution in [3.05, 3.63) is 58.9 Å². The molecule has 3 N–H and O–H groups in total. The van der Waals surface area contributed by atoms with Gasteiger partial charge in [-0.3, -0.25) is 14.9 Å². The van der Waals surface area contributed by atoms with Crippen LogP contribution in [0.1, 0.15) is 42.3 Å². The quantitative estimate of drug-likeness (QED) is 0.399. The maximum absolute atomic E-state index is 12.9. The maximum atomic E-state index is 12.9. The Morgan fingerprint density at radius 3 is 2.71 bits per heavy atom. The van der Waals surface area contributed by atoms with Gasteiger partial charge in [0.2, 0.25) is 0 Å². The molecule has 0 aromatic heterocycles. The number of allylic oxidation sites excluding steroid dienone is 2. The summed E-state index contributed by atoms with van der Waals surface area (Å²) in [4.78, 5) is 39.0. The number of nitrogens with one attached hydrogen (secondary N) is 2. The summed E-state index contributed by atoms with van der Waals surface area (Å²) in [5.41, 5.74) is 1.41. The van der Waals surface area contributed by atoms with E-state index in [1.54, 1.807) is 24.8 Å². The van der Waals surface area contributed by atoms with Crippen LogP contribution in [0.4, 0.5) is 4.79 Å². The van der Waals surface area contributed by atoms with Gasteiger partial charge in [0.05, 0.1) is 6.54 Å². The predicted molar refractivity (Wildman–Crippen MR) is 105 cm³/mol. The molecular weight excluding hydrogens is 358 g/mol. The van der Waals surface area contributed by atoms with Crippen molar-refractivity contribution < 1.29 is 19.5 Å². The van der Waals surface area contributed by atoms with Crippen LogP contribution in [-0.4, -0.2) is 39.9 Å². The molecule has 0 saturated carbocycles. The molecule has 1 aromatic carbocycles. The molecule has 0 bridgehead atoms. The SMILES string of the molecule is C/C=C(O)\C=C/C(C)C1(CN2Cc3cc(CC)ccc3C2=O)NC(=O)NC1=O. The zero-order valence-corrected chi connectivity index (χ0v) is 16.3. The molecule has 0 radical (unpaired) electrons. The summed E-state index contributed by atoms with van der Waals surface area (Å²) < 4.78 is 0. The minimum absolute atomic E-state index is 0.0433. The van der Waals surface area contributed by atoms with E-state index in [0.717, 1.165) is 17.5 Å². The summed E-state index contributed by atoms with van der Waals surface area (Å²) in [5, 5.41) is 14.7. The molecule has 3 rings (SSSR count). The van der Waals surface area contributed by atoms with E-state index in [0.29, 0.717) is 12.1 Å². The van der Waals surface area contributed by atoms with Gasteiger partial charge in [-0.15, -0.1) is 0 Å². The highest BCUT2D eigenvalue weighted by molar-refractivity contribution is 6.08. The zero-order valence-electron chi connectivity index (χ0n) is 16.3. The van der Waals surface area contributed by atoms with Gasteiger partial charge in [-0.05, 0) is 42.7 Å². The Balaban J connectivity index is 1.89. The van der Waals surface area contributed by atoms with Crippen molar-refractivity contribution in [1.82, 2.24) is 15.5 Å². The smallest absolute Gasteiger partial charge is 0.322 e. The van der Waals surface area contributed by atoms with Crippen LogP contribution >= 0.6 is 0 Å². The average molecular weight is 383 g/mol. The van der Waals surface area contributed by atoms with Gasteiger partial charge < -0.3 is 15.3 Å². The number of aliphatic hydroxyl groups excluding tert-OH is 1. The number of carbonyl (C=O) groups excluding carboxylic acids is 3. The highest BCUT2D eigenvalue weighted by atomic mass is 16.3. The number of nitrogens with zero attached hydrogens (tertiary/aromatic N) is 1. The van der Waals surface area contributed by atoms with E-state index in [1.165, 1.54) is 12.2 Å². The Bertz CT molecular complexity index is 890. The second-order valence-corrected chi connectivity index (χ2v) is 7.25. The highest BCUT2D eigenvalue weighted by Gasteiger charge is 2.51. The monoisotopic (exact) mass is 383 g/mol.